The number of hydrogen-bond donors (Lipinski definition) is 1. The minimum absolute atomic E-state index is 0.258. The van der Waals surface area contributed by atoms with Crippen molar-refractivity contribution in [3.8, 4) is 28.3 Å². The van der Waals surface area contributed by atoms with E-state index < -0.39 is 11.6 Å². The van der Waals surface area contributed by atoms with Crippen LogP contribution in [0.5, 0.6) is 5.75 Å². The molecule has 0 radical (unpaired) electrons. The van der Waals surface area contributed by atoms with Gasteiger partial charge in [-0.3, -0.25) is 4.98 Å². The van der Waals surface area contributed by atoms with E-state index in [4.69, 9.17) is 19.4 Å². The first-order chi connectivity index (χ1) is 15.6. The van der Waals surface area contributed by atoms with Crippen molar-refractivity contribution in [2.45, 2.75) is 6.42 Å². The number of pyridine rings is 1. The number of halogens is 2. The van der Waals surface area contributed by atoms with Gasteiger partial charge >= 0.3 is 0 Å². The minimum Gasteiger partial charge on any atom is -0.494 e. The SMILES string of the molecule is COCCCNc1nc(-c2cccnc2)nc2c(OC)cc(-c3ccc(F)cc3F)cc12. The Morgan fingerprint density at radius 1 is 1.00 bits per heavy atom. The number of ether oxygens (including phenoxy) is 2. The second-order valence-corrected chi connectivity index (χ2v) is 7.11. The van der Waals surface area contributed by atoms with Crippen molar-refractivity contribution in [2.75, 3.05) is 32.7 Å². The lowest BCUT2D eigenvalue weighted by atomic mass is 10.0. The molecule has 0 amide bonds. The molecule has 0 fully saturated rings. The predicted octanol–water partition coefficient (Wildman–Crippen LogP) is 5.09. The van der Waals surface area contributed by atoms with E-state index in [9.17, 15) is 8.78 Å². The van der Waals surface area contributed by atoms with Crippen molar-refractivity contribution in [1.29, 1.82) is 0 Å². The molecule has 0 unspecified atom stereocenters. The molecule has 2 aromatic heterocycles. The summed E-state index contributed by atoms with van der Waals surface area (Å²) in [5.74, 6) is 0.220. The Balaban J connectivity index is 1.90. The van der Waals surface area contributed by atoms with Crippen molar-refractivity contribution in [3.05, 3.63) is 66.5 Å². The van der Waals surface area contributed by atoms with Gasteiger partial charge in [-0.15, -0.1) is 0 Å². The molecule has 2 heterocycles. The number of nitrogens with one attached hydrogen (secondary N) is 1. The highest BCUT2D eigenvalue weighted by molar-refractivity contribution is 5.97. The standard InChI is InChI=1S/C24H22F2N4O2/c1-31-10-4-9-28-24-19-11-16(18-7-6-17(25)13-20(18)26)12-21(32-2)22(19)29-23(30-24)15-5-3-8-27-14-15/h3,5-8,11-14H,4,9-10H2,1-2H3,(H,28,29,30). The topological polar surface area (TPSA) is 69.2 Å². The Bertz CT molecular complexity index is 1240. The zero-order valence-electron chi connectivity index (χ0n) is 17.7. The number of hydrogen-bond acceptors (Lipinski definition) is 6. The maximum Gasteiger partial charge on any atom is 0.163 e. The van der Waals surface area contributed by atoms with E-state index in [2.05, 4.69) is 10.3 Å². The predicted molar refractivity (Wildman–Crippen MR) is 120 cm³/mol. The highest BCUT2D eigenvalue weighted by Gasteiger charge is 2.17. The third-order valence-electron chi connectivity index (χ3n) is 4.96. The van der Waals surface area contributed by atoms with Crippen LogP contribution in [0.15, 0.2) is 54.9 Å². The summed E-state index contributed by atoms with van der Waals surface area (Å²) in [5, 5.41) is 3.99. The van der Waals surface area contributed by atoms with Crippen LogP contribution in [0.3, 0.4) is 0 Å². The van der Waals surface area contributed by atoms with Gasteiger partial charge in [0.15, 0.2) is 5.82 Å². The molecule has 0 saturated heterocycles. The number of fused-ring (bicyclic) bond motifs is 1. The first-order valence-corrected chi connectivity index (χ1v) is 10.1. The molecule has 0 aliphatic rings. The van der Waals surface area contributed by atoms with Crippen LogP contribution in [0.4, 0.5) is 14.6 Å². The Hall–Kier alpha value is -3.65. The summed E-state index contributed by atoms with van der Waals surface area (Å²) in [5.41, 5.74) is 2.12. The molecule has 0 aliphatic heterocycles. The fraction of sp³-hybridized carbons (Fsp3) is 0.208. The van der Waals surface area contributed by atoms with Gasteiger partial charge in [0.2, 0.25) is 0 Å². The summed E-state index contributed by atoms with van der Waals surface area (Å²) in [6, 6.07) is 10.6. The lowest BCUT2D eigenvalue weighted by Gasteiger charge is -2.15. The van der Waals surface area contributed by atoms with Crippen LogP contribution in [-0.2, 0) is 4.74 Å². The quantitative estimate of drug-likeness (QED) is 0.388. The summed E-state index contributed by atoms with van der Waals surface area (Å²) >= 11 is 0. The maximum atomic E-state index is 14.5. The molecule has 0 saturated carbocycles. The first-order valence-electron chi connectivity index (χ1n) is 10.1. The van der Waals surface area contributed by atoms with Gasteiger partial charge in [0, 0.05) is 55.2 Å². The summed E-state index contributed by atoms with van der Waals surface area (Å²) < 4.78 is 38.6. The monoisotopic (exact) mass is 436 g/mol. The normalized spacial score (nSPS) is 11.0. The minimum atomic E-state index is -0.658. The molecule has 164 valence electrons. The summed E-state index contributed by atoms with van der Waals surface area (Å²) in [7, 11) is 3.17. The Labute approximate surface area is 184 Å². The first kappa shape index (κ1) is 21.6. The molecule has 8 heteroatoms. The van der Waals surface area contributed by atoms with Crippen molar-refractivity contribution < 1.29 is 18.3 Å². The molecule has 4 rings (SSSR count). The highest BCUT2D eigenvalue weighted by atomic mass is 19.1. The van der Waals surface area contributed by atoms with Crippen molar-refractivity contribution in [3.63, 3.8) is 0 Å². The summed E-state index contributed by atoms with van der Waals surface area (Å²) in [4.78, 5) is 13.6. The van der Waals surface area contributed by atoms with E-state index in [1.807, 2.05) is 12.1 Å². The number of methoxy groups -OCH3 is 2. The molecular weight excluding hydrogens is 414 g/mol. The van der Waals surface area contributed by atoms with Crippen LogP contribution in [-0.4, -0.2) is 42.3 Å². The Morgan fingerprint density at radius 2 is 1.88 bits per heavy atom. The molecule has 32 heavy (non-hydrogen) atoms. The summed E-state index contributed by atoms with van der Waals surface area (Å²) in [6.07, 6.45) is 4.14. The van der Waals surface area contributed by atoms with E-state index in [0.717, 1.165) is 18.1 Å². The average Bonchev–Trinajstić information content (AvgIpc) is 2.81. The zero-order chi connectivity index (χ0) is 22.5. The fourth-order valence-corrected chi connectivity index (χ4v) is 3.42. The van der Waals surface area contributed by atoms with Gasteiger partial charge in [-0.05, 0) is 48.4 Å². The summed E-state index contributed by atoms with van der Waals surface area (Å²) in [6.45, 7) is 1.21. The van der Waals surface area contributed by atoms with Crippen LogP contribution in [0, 0.1) is 11.6 Å². The number of rotatable bonds is 8. The second kappa shape index (κ2) is 9.65. The van der Waals surface area contributed by atoms with E-state index in [1.165, 1.54) is 19.2 Å². The van der Waals surface area contributed by atoms with Crippen LogP contribution >= 0.6 is 0 Å². The molecule has 0 bridgehead atoms. The van der Waals surface area contributed by atoms with Crippen molar-refractivity contribution >= 4 is 16.7 Å². The molecular formula is C24H22F2N4O2. The smallest absolute Gasteiger partial charge is 0.163 e. The van der Waals surface area contributed by atoms with Crippen LogP contribution < -0.4 is 10.1 Å². The molecule has 0 spiro atoms. The third-order valence-corrected chi connectivity index (χ3v) is 4.96. The highest BCUT2D eigenvalue weighted by Crippen LogP contribution is 2.36. The second-order valence-electron chi connectivity index (χ2n) is 7.11. The number of benzene rings is 2. The van der Waals surface area contributed by atoms with Crippen LogP contribution in [0.2, 0.25) is 0 Å². The van der Waals surface area contributed by atoms with Gasteiger partial charge in [0.1, 0.15) is 28.7 Å². The van der Waals surface area contributed by atoms with Crippen molar-refractivity contribution in [2.24, 2.45) is 0 Å². The van der Waals surface area contributed by atoms with Gasteiger partial charge in [0.05, 0.1) is 7.11 Å². The average molecular weight is 436 g/mol. The fourth-order valence-electron chi connectivity index (χ4n) is 3.42. The molecule has 0 atom stereocenters. The van der Waals surface area contributed by atoms with Gasteiger partial charge < -0.3 is 14.8 Å². The van der Waals surface area contributed by atoms with Gasteiger partial charge in [0.25, 0.3) is 0 Å². The number of nitrogens with zero attached hydrogens (tertiary/aromatic N) is 3. The molecule has 6 nitrogen and oxygen atoms in total. The number of anilines is 1. The van der Waals surface area contributed by atoms with Crippen LogP contribution in [0.1, 0.15) is 6.42 Å². The lowest BCUT2D eigenvalue weighted by Crippen LogP contribution is -2.08. The zero-order valence-corrected chi connectivity index (χ0v) is 17.7. The van der Waals surface area contributed by atoms with E-state index >= 15 is 0 Å². The third kappa shape index (κ3) is 4.50. The molecule has 4 aromatic rings. The Morgan fingerprint density at radius 3 is 2.59 bits per heavy atom. The van der Waals surface area contributed by atoms with Gasteiger partial charge in [-0.25, -0.2) is 18.7 Å². The molecule has 2 aromatic carbocycles. The molecule has 1 N–H and O–H groups in total. The van der Waals surface area contributed by atoms with E-state index in [-0.39, 0.29) is 5.56 Å². The maximum absolute atomic E-state index is 14.5. The van der Waals surface area contributed by atoms with Crippen molar-refractivity contribution in [1.82, 2.24) is 15.0 Å². The van der Waals surface area contributed by atoms with Gasteiger partial charge in [-0.2, -0.15) is 0 Å². The van der Waals surface area contributed by atoms with E-state index in [0.29, 0.717) is 47.0 Å². The largest absolute Gasteiger partial charge is 0.494 e. The van der Waals surface area contributed by atoms with Crippen LogP contribution in [0.25, 0.3) is 33.4 Å². The molecule has 0 aliphatic carbocycles. The lowest BCUT2D eigenvalue weighted by molar-refractivity contribution is 0.198. The van der Waals surface area contributed by atoms with Gasteiger partial charge in [-0.1, -0.05) is 0 Å². The Kier molecular flexibility index (Phi) is 6.51. The number of aromatic nitrogens is 3. The van der Waals surface area contributed by atoms with E-state index in [1.54, 1.807) is 31.6 Å².